The van der Waals surface area contributed by atoms with Crippen LogP contribution in [0.1, 0.15) is 24.6 Å². The van der Waals surface area contributed by atoms with Crippen LogP contribution in [-0.4, -0.2) is 43.1 Å². The summed E-state index contributed by atoms with van der Waals surface area (Å²) in [6.45, 7) is 5.53. The maximum atomic E-state index is 4.36. The van der Waals surface area contributed by atoms with E-state index in [4.69, 9.17) is 0 Å². The molecule has 1 aliphatic carbocycles. The predicted octanol–water partition coefficient (Wildman–Crippen LogP) is 3.28. The van der Waals surface area contributed by atoms with Crippen LogP contribution in [0.15, 0.2) is 20.9 Å². The van der Waals surface area contributed by atoms with E-state index in [9.17, 15) is 0 Å². The molecule has 2 aliphatic rings. The standard InChI is InChI=1S/C15H23BrN4S.HI/c1-10-8-20(11-3-4-11)9-13(10)19-15(17-2)18-7-12-5-6-14(16)21-12;/h5-6,10-11,13H,3-4,7-9H2,1-2H3,(H2,17,18,19);1H. The van der Waals surface area contributed by atoms with Crippen molar-refractivity contribution in [1.29, 1.82) is 0 Å². The van der Waals surface area contributed by atoms with Crippen LogP contribution >= 0.6 is 51.2 Å². The molecule has 2 heterocycles. The summed E-state index contributed by atoms with van der Waals surface area (Å²) >= 11 is 5.26. The molecule has 0 radical (unpaired) electrons. The van der Waals surface area contributed by atoms with Crippen molar-refractivity contribution >= 4 is 57.2 Å². The largest absolute Gasteiger partial charge is 0.352 e. The van der Waals surface area contributed by atoms with Crippen molar-refractivity contribution < 1.29 is 0 Å². The number of guanidine groups is 1. The van der Waals surface area contributed by atoms with Gasteiger partial charge in [-0.2, -0.15) is 0 Å². The van der Waals surface area contributed by atoms with Gasteiger partial charge in [0, 0.05) is 37.1 Å². The van der Waals surface area contributed by atoms with E-state index in [-0.39, 0.29) is 24.0 Å². The summed E-state index contributed by atoms with van der Waals surface area (Å²) in [6.07, 6.45) is 2.78. The lowest BCUT2D eigenvalue weighted by atomic mass is 10.1. The lowest BCUT2D eigenvalue weighted by molar-refractivity contribution is 0.315. The fourth-order valence-electron chi connectivity index (χ4n) is 2.92. The minimum atomic E-state index is 0. The molecule has 1 saturated carbocycles. The van der Waals surface area contributed by atoms with Gasteiger partial charge in [0.25, 0.3) is 0 Å². The Hall–Kier alpha value is 0.140. The van der Waals surface area contributed by atoms with Crippen LogP contribution in [-0.2, 0) is 6.54 Å². The third-order valence-corrected chi connectivity index (χ3v) is 5.93. The summed E-state index contributed by atoms with van der Waals surface area (Å²) in [5.41, 5.74) is 0. The van der Waals surface area contributed by atoms with E-state index in [2.05, 4.69) is 55.5 Å². The molecule has 1 saturated heterocycles. The molecule has 2 fully saturated rings. The van der Waals surface area contributed by atoms with Gasteiger partial charge in [-0.25, -0.2) is 0 Å². The Kier molecular flexibility index (Phi) is 6.97. The topological polar surface area (TPSA) is 39.7 Å². The quantitative estimate of drug-likeness (QED) is 0.380. The first-order valence-corrected chi connectivity index (χ1v) is 9.22. The summed E-state index contributed by atoms with van der Waals surface area (Å²) in [7, 11) is 1.85. The van der Waals surface area contributed by atoms with Crippen LogP contribution in [0.4, 0.5) is 0 Å². The van der Waals surface area contributed by atoms with Gasteiger partial charge in [-0.1, -0.05) is 6.92 Å². The van der Waals surface area contributed by atoms with Gasteiger partial charge < -0.3 is 10.6 Å². The Morgan fingerprint density at radius 3 is 2.77 bits per heavy atom. The Morgan fingerprint density at radius 1 is 1.41 bits per heavy atom. The first-order chi connectivity index (χ1) is 10.2. The molecule has 1 aromatic heterocycles. The molecule has 4 nitrogen and oxygen atoms in total. The van der Waals surface area contributed by atoms with Gasteiger partial charge in [0.1, 0.15) is 0 Å². The van der Waals surface area contributed by atoms with Crippen LogP contribution in [0, 0.1) is 5.92 Å². The molecule has 3 rings (SSSR count). The number of nitrogens with zero attached hydrogens (tertiary/aromatic N) is 2. The van der Waals surface area contributed by atoms with Crippen molar-refractivity contribution in [2.45, 2.75) is 38.4 Å². The fourth-order valence-corrected chi connectivity index (χ4v) is 4.34. The lowest BCUT2D eigenvalue weighted by Crippen LogP contribution is -2.46. The molecule has 124 valence electrons. The Morgan fingerprint density at radius 2 is 2.18 bits per heavy atom. The number of halogens is 2. The summed E-state index contributed by atoms with van der Waals surface area (Å²) < 4.78 is 1.17. The van der Waals surface area contributed by atoms with Crippen LogP contribution in [0.3, 0.4) is 0 Å². The molecule has 1 aromatic rings. The number of thiophene rings is 1. The summed E-state index contributed by atoms with van der Waals surface area (Å²) in [5, 5.41) is 7.01. The number of aliphatic imine (C=N–C) groups is 1. The van der Waals surface area contributed by atoms with Gasteiger partial charge in [-0.05, 0) is 46.8 Å². The molecular formula is C15H24BrIN4S. The normalized spacial score (nSPS) is 25.9. The first kappa shape index (κ1) is 18.5. The molecule has 2 unspecified atom stereocenters. The maximum absolute atomic E-state index is 4.36. The molecule has 22 heavy (non-hydrogen) atoms. The third-order valence-electron chi connectivity index (χ3n) is 4.31. The van der Waals surface area contributed by atoms with Gasteiger partial charge in [0.2, 0.25) is 0 Å². The monoisotopic (exact) mass is 498 g/mol. The highest BCUT2D eigenvalue weighted by Crippen LogP contribution is 2.31. The highest BCUT2D eigenvalue weighted by molar-refractivity contribution is 14.0. The van der Waals surface area contributed by atoms with E-state index in [0.717, 1.165) is 25.1 Å². The zero-order valence-electron chi connectivity index (χ0n) is 13.0. The zero-order chi connectivity index (χ0) is 14.8. The van der Waals surface area contributed by atoms with Crippen molar-refractivity contribution in [2.75, 3.05) is 20.1 Å². The number of likely N-dealkylation sites (tertiary alicyclic amines) is 1. The second-order valence-corrected chi connectivity index (χ2v) is 8.59. The highest BCUT2D eigenvalue weighted by atomic mass is 127. The molecule has 2 atom stereocenters. The van der Waals surface area contributed by atoms with Gasteiger partial charge in [-0.3, -0.25) is 9.89 Å². The highest BCUT2D eigenvalue weighted by Gasteiger charge is 2.38. The molecule has 2 N–H and O–H groups in total. The molecule has 0 amide bonds. The van der Waals surface area contributed by atoms with Crippen molar-refractivity contribution in [3.8, 4) is 0 Å². The minimum absolute atomic E-state index is 0. The molecule has 0 spiro atoms. The van der Waals surface area contributed by atoms with Crippen LogP contribution in [0.2, 0.25) is 0 Å². The number of nitrogens with one attached hydrogen (secondary N) is 2. The predicted molar refractivity (Wildman–Crippen MR) is 108 cm³/mol. The summed E-state index contributed by atoms with van der Waals surface area (Å²) in [6, 6.07) is 5.59. The summed E-state index contributed by atoms with van der Waals surface area (Å²) in [4.78, 5) is 8.30. The minimum Gasteiger partial charge on any atom is -0.352 e. The zero-order valence-corrected chi connectivity index (χ0v) is 17.7. The van der Waals surface area contributed by atoms with E-state index in [0.29, 0.717) is 12.0 Å². The Bertz CT molecular complexity index is 517. The SMILES string of the molecule is CN=C(NCc1ccc(Br)s1)NC1CN(C2CC2)CC1C.I. The molecule has 7 heteroatoms. The molecule has 0 aromatic carbocycles. The second-order valence-electron chi connectivity index (χ2n) is 6.04. The van der Waals surface area contributed by atoms with Gasteiger partial charge in [-0.15, -0.1) is 35.3 Å². The van der Waals surface area contributed by atoms with Crippen LogP contribution in [0.5, 0.6) is 0 Å². The van der Waals surface area contributed by atoms with Gasteiger partial charge in [0.15, 0.2) is 5.96 Å². The van der Waals surface area contributed by atoms with E-state index in [1.165, 1.54) is 28.0 Å². The molecular weight excluding hydrogens is 475 g/mol. The lowest BCUT2D eigenvalue weighted by Gasteiger charge is -2.20. The van der Waals surface area contributed by atoms with E-state index >= 15 is 0 Å². The van der Waals surface area contributed by atoms with Crippen LogP contribution in [0.25, 0.3) is 0 Å². The second kappa shape index (κ2) is 8.30. The average Bonchev–Trinajstić information content (AvgIpc) is 3.14. The molecule has 1 aliphatic heterocycles. The smallest absolute Gasteiger partial charge is 0.191 e. The van der Waals surface area contributed by atoms with E-state index in [1.54, 1.807) is 11.3 Å². The van der Waals surface area contributed by atoms with Crippen molar-refractivity contribution in [3.63, 3.8) is 0 Å². The summed E-state index contributed by atoms with van der Waals surface area (Å²) in [5.74, 6) is 1.59. The van der Waals surface area contributed by atoms with E-state index < -0.39 is 0 Å². The average molecular weight is 499 g/mol. The Balaban J connectivity index is 0.00000176. The van der Waals surface area contributed by atoms with Gasteiger partial charge >= 0.3 is 0 Å². The Labute approximate surface area is 162 Å². The van der Waals surface area contributed by atoms with Gasteiger partial charge in [0.05, 0.1) is 10.3 Å². The number of rotatable bonds is 4. The number of hydrogen-bond acceptors (Lipinski definition) is 3. The first-order valence-electron chi connectivity index (χ1n) is 7.61. The fraction of sp³-hybridized carbons (Fsp3) is 0.667. The number of hydrogen-bond donors (Lipinski definition) is 2. The van der Waals surface area contributed by atoms with Crippen LogP contribution < -0.4 is 10.6 Å². The third kappa shape index (κ3) is 4.82. The van der Waals surface area contributed by atoms with Crippen molar-refractivity contribution in [1.82, 2.24) is 15.5 Å². The maximum Gasteiger partial charge on any atom is 0.191 e. The van der Waals surface area contributed by atoms with E-state index in [1.807, 2.05) is 7.05 Å². The van der Waals surface area contributed by atoms with Crippen molar-refractivity contribution in [3.05, 3.63) is 20.8 Å². The molecule has 0 bridgehead atoms. The van der Waals surface area contributed by atoms with Crippen molar-refractivity contribution in [2.24, 2.45) is 10.9 Å².